The molecule has 0 spiro atoms. The summed E-state index contributed by atoms with van der Waals surface area (Å²) < 4.78 is 65.7. The molecule has 0 bridgehead atoms. The standard InChI is InChI=1S/C2H3F3O.C2H3F3/c1-6-2(3,4)5;1-2(3,4)5/h1H3;1H3. The average Bonchev–Trinajstić information content (AvgIpc) is 1.59. The van der Waals surface area contributed by atoms with Gasteiger partial charge in [-0.15, -0.1) is 13.2 Å². The van der Waals surface area contributed by atoms with Crippen molar-refractivity contribution < 1.29 is 31.1 Å². The summed E-state index contributed by atoms with van der Waals surface area (Å²) in [6.45, 7) is 0.188. The number of rotatable bonds is 0. The molecule has 0 N–H and O–H groups in total. The van der Waals surface area contributed by atoms with Crippen LogP contribution in [0.2, 0.25) is 0 Å². The van der Waals surface area contributed by atoms with Gasteiger partial charge in [-0.3, -0.25) is 4.74 Å². The largest absolute Gasteiger partial charge is 0.522 e. The summed E-state index contributed by atoms with van der Waals surface area (Å²) in [6, 6.07) is 0. The van der Waals surface area contributed by atoms with Crippen molar-refractivity contribution in [3.63, 3.8) is 0 Å². The lowest BCUT2D eigenvalue weighted by atomic mass is 10.8. The van der Waals surface area contributed by atoms with Crippen molar-refractivity contribution in [3.05, 3.63) is 0 Å². The van der Waals surface area contributed by atoms with Gasteiger partial charge in [-0.2, -0.15) is 13.2 Å². The van der Waals surface area contributed by atoms with E-state index >= 15 is 0 Å². The maximum absolute atomic E-state index is 10.6. The maximum atomic E-state index is 10.6. The first-order valence-corrected chi connectivity index (χ1v) is 2.25. The van der Waals surface area contributed by atoms with Gasteiger partial charge in [0.1, 0.15) is 0 Å². The molecule has 0 heterocycles. The molecule has 0 saturated carbocycles. The first kappa shape index (κ1) is 13.2. The van der Waals surface area contributed by atoms with E-state index in [4.69, 9.17) is 0 Å². The molecule has 0 aromatic heterocycles. The van der Waals surface area contributed by atoms with Gasteiger partial charge in [-0.05, 0) is 0 Å². The normalized spacial score (nSPS) is 12.0. The number of ether oxygens (including phenoxy) is 1. The van der Waals surface area contributed by atoms with Gasteiger partial charge in [-0.25, -0.2) is 0 Å². The van der Waals surface area contributed by atoms with Crippen LogP contribution in [0.25, 0.3) is 0 Å². The fourth-order valence-electron chi connectivity index (χ4n) is 0. The van der Waals surface area contributed by atoms with Crippen LogP contribution in [0.3, 0.4) is 0 Å². The van der Waals surface area contributed by atoms with Gasteiger partial charge in [0.2, 0.25) is 0 Å². The molecule has 0 aromatic rings. The molecule has 0 saturated heterocycles. The Balaban J connectivity index is 0. The lowest BCUT2D eigenvalue weighted by molar-refractivity contribution is -0.311. The van der Waals surface area contributed by atoms with Crippen molar-refractivity contribution in [1.82, 2.24) is 0 Å². The Morgan fingerprint density at radius 2 is 1.00 bits per heavy atom. The van der Waals surface area contributed by atoms with Crippen LogP contribution in [0.5, 0.6) is 0 Å². The van der Waals surface area contributed by atoms with E-state index < -0.39 is 12.5 Å². The van der Waals surface area contributed by atoms with Crippen LogP contribution in [0.15, 0.2) is 0 Å². The number of methoxy groups -OCH3 is 1. The minimum absolute atomic E-state index is 0.188. The minimum atomic E-state index is -4.46. The highest BCUT2D eigenvalue weighted by Crippen LogP contribution is 2.13. The fraction of sp³-hybridized carbons (Fsp3) is 1.00. The lowest BCUT2D eigenvalue weighted by Crippen LogP contribution is -2.08. The molecule has 0 atom stereocenters. The van der Waals surface area contributed by atoms with Gasteiger partial charge in [-0.1, -0.05) is 0 Å². The van der Waals surface area contributed by atoms with Crippen molar-refractivity contribution in [1.29, 1.82) is 0 Å². The molecule has 0 aliphatic heterocycles. The highest BCUT2D eigenvalue weighted by Gasteiger charge is 2.25. The SMILES string of the molecule is CC(F)(F)F.COC(F)(F)F. The van der Waals surface area contributed by atoms with Crippen molar-refractivity contribution in [3.8, 4) is 0 Å². The fourth-order valence-corrected chi connectivity index (χ4v) is 0. The summed E-state index contributed by atoms with van der Waals surface area (Å²) in [7, 11) is 0.583. The molecule has 0 aromatic carbocycles. The molecular weight excluding hydrogens is 178 g/mol. The Hall–Kier alpha value is -0.460. The van der Waals surface area contributed by atoms with Crippen molar-refractivity contribution in [2.75, 3.05) is 7.11 Å². The molecule has 0 unspecified atom stereocenters. The molecule has 0 amide bonds. The van der Waals surface area contributed by atoms with E-state index in [1.165, 1.54) is 0 Å². The van der Waals surface area contributed by atoms with Crippen LogP contribution in [-0.2, 0) is 4.74 Å². The van der Waals surface area contributed by atoms with Crippen LogP contribution < -0.4 is 0 Å². The first-order chi connectivity index (χ1) is 4.56. The molecule has 0 fully saturated rings. The zero-order chi connectivity index (χ0) is 9.71. The third-order valence-electron chi connectivity index (χ3n) is 0.231. The van der Waals surface area contributed by atoms with E-state index in [0.717, 1.165) is 0 Å². The van der Waals surface area contributed by atoms with Crippen molar-refractivity contribution >= 4 is 0 Å². The second kappa shape index (κ2) is 4.42. The number of alkyl halides is 6. The Kier molecular flexibility index (Phi) is 5.29. The summed E-state index contributed by atoms with van der Waals surface area (Å²) in [4.78, 5) is 0. The topological polar surface area (TPSA) is 9.23 Å². The second-order valence-electron chi connectivity index (χ2n) is 1.43. The van der Waals surface area contributed by atoms with E-state index in [2.05, 4.69) is 4.74 Å². The Morgan fingerprint density at radius 3 is 1.00 bits per heavy atom. The number of hydrogen-bond donors (Lipinski definition) is 0. The predicted molar refractivity (Wildman–Crippen MR) is 24.8 cm³/mol. The van der Waals surface area contributed by atoms with Gasteiger partial charge >= 0.3 is 12.5 Å². The van der Waals surface area contributed by atoms with Crippen LogP contribution in [-0.4, -0.2) is 19.6 Å². The van der Waals surface area contributed by atoms with Crippen LogP contribution in [0.1, 0.15) is 6.92 Å². The van der Waals surface area contributed by atoms with E-state index in [9.17, 15) is 26.3 Å². The number of halogens is 6. The molecule has 1 nitrogen and oxygen atoms in total. The van der Waals surface area contributed by atoms with Crippen molar-refractivity contribution in [2.24, 2.45) is 0 Å². The Labute approximate surface area is 58.9 Å². The van der Waals surface area contributed by atoms with Gasteiger partial charge in [0.15, 0.2) is 0 Å². The lowest BCUT2D eigenvalue weighted by Gasteiger charge is -1.97. The summed E-state index contributed by atoms with van der Waals surface area (Å²) in [5.41, 5.74) is 0. The second-order valence-corrected chi connectivity index (χ2v) is 1.43. The van der Waals surface area contributed by atoms with Crippen LogP contribution in [0, 0.1) is 0 Å². The molecule has 70 valence electrons. The van der Waals surface area contributed by atoms with E-state index in [1.54, 1.807) is 0 Å². The molecule has 0 aliphatic carbocycles. The molecule has 0 radical (unpaired) electrons. The highest BCUT2D eigenvalue weighted by atomic mass is 19.4. The quantitative estimate of drug-likeness (QED) is 0.526. The summed E-state index contributed by atoms with van der Waals surface area (Å²) >= 11 is 0. The molecular formula is C4H6F6O. The Bertz CT molecular complexity index is 85.7. The monoisotopic (exact) mass is 184 g/mol. The van der Waals surface area contributed by atoms with Gasteiger partial charge < -0.3 is 0 Å². The smallest absolute Gasteiger partial charge is 0.295 e. The summed E-state index contributed by atoms with van der Waals surface area (Å²) in [5, 5.41) is 0. The van der Waals surface area contributed by atoms with Crippen LogP contribution in [0.4, 0.5) is 26.3 Å². The van der Waals surface area contributed by atoms with E-state index in [0.29, 0.717) is 7.11 Å². The van der Waals surface area contributed by atoms with Gasteiger partial charge in [0.25, 0.3) is 0 Å². The van der Waals surface area contributed by atoms with Crippen LogP contribution >= 0.6 is 0 Å². The average molecular weight is 184 g/mol. The highest BCUT2D eigenvalue weighted by molar-refractivity contribution is 4.26. The number of hydrogen-bond acceptors (Lipinski definition) is 1. The molecule has 7 heteroatoms. The van der Waals surface area contributed by atoms with Gasteiger partial charge in [0.05, 0.1) is 0 Å². The Morgan fingerprint density at radius 1 is 0.909 bits per heavy atom. The van der Waals surface area contributed by atoms with E-state index in [1.807, 2.05) is 0 Å². The molecule has 0 rings (SSSR count). The summed E-state index contributed by atoms with van der Waals surface area (Å²) in [5.74, 6) is 0. The molecule has 0 aliphatic rings. The van der Waals surface area contributed by atoms with E-state index in [-0.39, 0.29) is 6.92 Å². The zero-order valence-electron chi connectivity index (χ0n) is 5.68. The maximum Gasteiger partial charge on any atom is 0.522 e. The third-order valence-corrected chi connectivity index (χ3v) is 0.231. The first-order valence-electron chi connectivity index (χ1n) is 2.25. The molecule has 11 heavy (non-hydrogen) atoms. The summed E-state index contributed by atoms with van der Waals surface area (Å²) in [6.07, 6.45) is -8.46. The third kappa shape index (κ3) is 84.1. The van der Waals surface area contributed by atoms with Crippen molar-refractivity contribution in [2.45, 2.75) is 19.5 Å². The zero-order valence-corrected chi connectivity index (χ0v) is 5.68. The predicted octanol–water partition coefficient (Wildman–Crippen LogP) is 2.72. The van der Waals surface area contributed by atoms with Gasteiger partial charge in [0, 0.05) is 14.0 Å². The minimum Gasteiger partial charge on any atom is -0.295 e.